The number of fused-ring (bicyclic) bond motifs is 1. The Hall–Kier alpha value is -2.36. The Bertz CT molecular complexity index is 657. The van der Waals surface area contributed by atoms with Crippen molar-refractivity contribution >= 4 is 5.91 Å². The van der Waals surface area contributed by atoms with Crippen molar-refractivity contribution < 1.29 is 14.3 Å². The van der Waals surface area contributed by atoms with E-state index < -0.39 is 5.82 Å². The summed E-state index contributed by atoms with van der Waals surface area (Å²) < 4.78 is 13.3. The number of rotatable bonds is 1. The number of carbonyl (C=O) groups is 1. The average Bonchev–Trinajstić information content (AvgIpc) is 2.71. The van der Waals surface area contributed by atoms with Crippen molar-refractivity contribution in [3.05, 3.63) is 65.0 Å². The number of phenolic OH excluding ortho intramolecular Hbond substituents is 1. The molecule has 0 saturated heterocycles. The first-order chi connectivity index (χ1) is 10.1. The number of phenols is 1. The van der Waals surface area contributed by atoms with Crippen molar-refractivity contribution in [2.24, 2.45) is 0 Å². The van der Waals surface area contributed by atoms with Crippen LogP contribution in [0.15, 0.2) is 42.5 Å². The van der Waals surface area contributed by atoms with Crippen molar-refractivity contribution in [2.45, 2.75) is 12.8 Å². The lowest BCUT2D eigenvalue weighted by Crippen LogP contribution is -2.33. The number of hydrogen-bond donors (Lipinski definition) is 1. The van der Waals surface area contributed by atoms with Gasteiger partial charge in [-0.1, -0.05) is 24.3 Å². The second-order valence-corrected chi connectivity index (χ2v) is 5.22. The quantitative estimate of drug-likeness (QED) is 0.875. The minimum Gasteiger partial charge on any atom is -0.507 e. The number of carbonyl (C=O) groups excluding carboxylic acids is 1. The van der Waals surface area contributed by atoms with E-state index in [1.165, 1.54) is 17.2 Å². The first kappa shape index (κ1) is 13.6. The monoisotopic (exact) mass is 285 g/mol. The molecule has 0 bridgehead atoms. The maximum absolute atomic E-state index is 13.3. The van der Waals surface area contributed by atoms with Gasteiger partial charge in [-0.3, -0.25) is 4.79 Å². The van der Waals surface area contributed by atoms with Crippen LogP contribution in [-0.4, -0.2) is 29.0 Å². The van der Waals surface area contributed by atoms with Gasteiger partial charge in [-0.2, -0.15) is 0 Å². The van der Waals surface area contributed by atoms with Crippen LogP contribution in [0, 0.1) is 5.82 Å². The summed E-state index contributed by atoms with van der Waals surface area (Å²) in [5.41, 5.74) is 2.52. The third-order valence-corrected chi connectivity index (χ3v) is 3.90. The second kappa shape index (κ2) is 5.56. The molecule has 108 valence electrons. The molecule has 0 spiro atoms. The normalized spacial score (nSPS) is 14.4. The molecule has 3 nitrogen and oxygen atoms in total. The zero-order chi connectivity index (χ0) is 14.8. The smallest absolute Gasteiger partial charge is 0.257 e. The van der Waals surface area contributed by atoms with E-state index in [-0.39, 0.29) is 17.2 Å². The highest BCUT2D eigenvalue weighted by Gasteiger charge is 2.22. The molecule has 0 atom stereocenters. The van der Waals surface area contributed by atoms with Gasteiger partial charge < -0.3 is 10.0 Å². The molecule has 0 radical (unpaired) electrons. The van der Waals surface area contributed by atoms with Crippen LogP contribution >= 0.6 is 0 Å². The van der Waals surface area contributed by atoms with Crippen LogP contribution in [-0.2, 0) is 12.8 Å². The molecule has 1 aliphatic heterocycles. The standard InChI is InChI=1S/C17H16FNO2/c18-14-5-6-16(20)15(11-14)17(21)19-9-7-12-3-1-2-4-13(12)8-10-19/h1-6,11,20H,7-10H2. The van der Waals surface area contributed by atoms with Crippen LogP contribution in [0.1, 0.15) is 21.5 Å². The largest absolute Gasteiger partial charge is 0.507 e. The van der Waals surface area contributed by atoms with Gasteiger partial charge in [-0.25, -0.2) is 4.39 Å². The van der Waals surface area contributed by atoms with Gasteiger partial charge in [0, 0.05) is 13.1 Å². The van der Waals surface area contributed by atoms with Gasteiger partial charge in [0.25, 0.3) is 5.91 Å². The van der Waals surface area contributed by atoms with Gasteiger partial charge in [0.1, 0.15) is 11.6 Å². The van der Waals surface area contributed by atoms with Crippen molar-refractivity contribution in [3.63, 3.8) is 0 Å². The predicted molar refractivity (Wildman–Crippen MR) is 77.8 cm³/mol. The topological polar surface area (TPSA) is 40.5 Å². The average molecular weight is 285 g/mol. The van der Waals surface area contributed by atoms with E-state index in [1.54, 1.807) is 4.90 Å². The number of halogens is 1. The SMILES string of the molecule is O=C(c1cc(F)ccc1O)N1CCc2ccccc2CC1. The zero-order valence-corrected chi connectivity index (χ0v) is 11.6. The van der Waals surface area contributed by atoms with Crippen molar-refractivity contribution in [2.75, 3.05) is 13.1 Å². The fraction of sp³-hybridized carbons (Fsp3) is 0.235. The fourth-order valence-corrected chi connectivity index (χ4v) is 2.72. The van der Waals surface area contributed by atoms with Crippen LogP contribution in [0.4, 0.5) is 4.39 Å². The third kappa shape index (κ3) is 2.75. The van der Waals surface area contributed by atoms with Crippen LogP contribution < -0.4 is 0 Å². The Morgan fingerprint density at radius 3 is 2.29 bits per heavy atom. The highest BCUT2D eigenvalue weighted by molar-refractivity contribution is 5.96. The number of benzene rings is 2. The van der Waals surface area contributed by atoms with E-state index >= 15 is 0 Å². The number of aromatic hydroxyl groups is 1. The molecule has 0 fully saturated rings. The van der Waals surface area contributed by atoms with Crippen molar-refractivity contribution in [1.82, 2.24) is 4.90 Å². The molecule has 1 heterocycles. The molecule has 2 aromatic rings. The highest BCUT2D eigenvalue weighted by Crippen LogP contribution is 2.22. The first-order valence-corrected chi connectivity index (χ1v) is 7.00. The summed E-state index contributed by atoms with van der Waals surface area (Å²) in [7, 11) is 0. The van der Waals surface area contributed by atoms with Crippen molar-refractivity contribution in [3.8, 4) is 5.75 Å². The van der Waals surface area contributed by atoms with E-state index in [0.29, 0.717) is 13.1 Å². The molecule has 0 unspecified atom stereocenters. The molecule has 1 N–H and O–H groups in total. The summed E-state index contributed by atoms with van der Waals surface area (Å²) >= 11 is 0. The number of amides is 1. The Morgan fingerprint density at radius 2 is 1.67 bits per heavy atom. The number of nitrogens with zero attached hydrogens (tertiary/aromatic N) is 1. The lowest BCUT2D eigenvalue weighted by Gasteiger charge is -2.20. The molecule has 3 rings (SSSR count). The van der Waals surface area contributed by atoms with E-state index in [2.05, 4.69) is 12.1 Å². The molecule has 4 heteroatoms. The van der Waals surface area contributed by atoms with Gasteiger partial charge in [-0.15, -0.1) is 0 Å². The molecule has 1 aliphatic rings. The van der Waals surface area contributed by atoms with Crippen LogP contribution in [0.25, 0.3) is 0 Å². The highest BCUT2D eigenvalue weighted by atomic mass is 19.1. The van der Waals surface area contributed by atoms with Gasteiger partial charge in [0.15, 0.2) is 0 Å². The fourth-order valence-electron chi connectivity index (χ4n) is 2.72. The van der Waals surface area contributed by atoms with Gasteiger partial charge in [0.05, 0.1) is 5.56 Å². The van der Waals surface area contributed by atoms with Crippen LogP contribution in [0.3, 0.4) is 0 Å². The summed E-state index contributed by atoms with van der Waals surface area (Å²) in [4.78, 5) is 14.2. The molecule has 0 aliphatic carbocycles. The minimum absolute atomic E-state index is 0.0287. The summed E-state index contributed by atoms with van der Waals surface area (Å²) in [6.45, 7) is 1.15. The summed E-state index contributed by atoms with van der Waals surface area (Å²) in [6, 6.07) is 11.6. The third-order valence-electron chi connectivity index (χ3n) is 3.90. The molecular weight excluding hydrogens is 269 g/mol. The number of hydrogen-bond acceptors (Lipinski definition) is 2. The van der Waals surface area contributed by atoms with Gasteiger partial charge >= 0.3 is 0 Å². The summed E-state index contributed by atoms with van der Waals surface area (Å²) in [6.07, 6.45) is 1.55. The minimum atomic E-state index is -0.519. The molecule has 2 aromatic carbocycles. The van der Waals surface area contributed by atoms with E-state index in [1.807, 2.05) is 12.1 Å². The van der Waals surface area contributed by atoms with E-state index in [4.69, 9.17) is 0 Å². The molecule has 1 amide bonds. The maximum Gasteiger partial charge on any atom is 0.257 e. The van der Waals surface area contributed by atoms with Gasteiger partial charge in [-0.05, 0) is 42.2 Å². The molecule has 0 saturated carbocycles. The lowest BCUT2D eigenvalue weighted by molar-refractivity contribution is 0.0759. The summed E-state index contributed by atoms with van der Waals surface area (Å²) in [5.74, 6) is -1.02. The Balaban J connectivity index is 1.82. The molecule has 21 heavy (non-hydrogen) atoms. The maximum atomic E-state index is 13.3. The van der Waals surface area contributed by atoms with Crippen LogP contribution in [0.5, 0.6) is 5.75 Å². The van der Waals surface area contributed by atoms with E-state index in [9.17, 15) is 14.3 Å². The second-order valence-electron chi connectivity index (χ2n) is 5.22. The molecular formula is C17H16FNO2. The van der Waals surface area contributed by atoms with Crippen molar-refractivity contribution in [1.29, 1.82) is 0 Å². The van der Waals surface area contributed by atoms with Gasteiger partial charge in [0.2, 0.25) is 0 Å². The van der Waals surface area contributed by atoms with E-state index in [0.717, 1.165) is 25.0 Å². The van der Waals surface area contributed by atoms with Crippen LogP contribution in [0.2, 0.25) is 0 Å². The Morgan fingerprint density at radius 1 is 1.05 bits per heavy atom. The first-order valence-electron chi connectivity index (χ1n) is 7.00. The molecule has 0 aromatic heterocycles. The Labute approximate surface area is 122 Å². The zero-order valence-electron chi connectivity index (χ0n) is 11.6. The Kier molecular flexibility index (Phi) is 3.60. The summed E-state index contributed by atoms with van der Waals surface area (Å²) in [5, 5.41) is 9.77. The predicted octanol–water partition coefficient (Wildman–Crippen LogP) is 2.77. The lowest BCUT2D eigenvalue weighted by atomic mass is 10.0.